The summed E-state index contributed by atoms with van der Waals surface area (Å²) in [5, 5.41) is 58.5. The lowest BCUT2D eigenvalue weighted by Gasteiger charge is -2.41. The second-order valence-electron chi connectivity index (χ2n) is 6.28. The fourth-order valence-electron chi connectivity index (χ4n) is 2.55. The second kappa shape index (κ2) is 8.32. The van der Waals surface area contributed by atoms with Crippen LogP contribution in [0.5, 0.6) is 0 Å². The van der Waals surface area contributed by atoms with E-state index in [0.717, 1.165) is 0 Å². The van der Waals surface area contributed by atoms with Crippen LogP contribution in [0.4, 0.5) is 0 Å². The standard InChI is InChI=1S/C14H26O10/c1-5(2)23-14-12(20)10(18)9(17)7(24-14)4-22-13-11(19)8(16)6(15)3-21-13/h5-20H,3-4H2,1-2H3. The van der Waals surface area contributed by atoms with Crippen molar-refractivity contribution in [2.45, 2.75) is 75.3 Å². The van der Waals surface area contributed by atoms with Gasteiger partial charge in [-0.2, -0.15) is 0 Å². The first-order chi connectivity index (χ1) is 11.2. The molecule has 142 valence electrons. The van der Waals surface area contributed by atoms with Crippen molar-refractivity contribution in [1.29, 1.82) is 0 Å². The summed E-state index contributed by atoms with van der Waals surface area (Å²) in [6, 6.07) is 0. The predicted molar refractivity (Wildman–Crippen MR) is 76.6 cm³/mol. The molecule has 6 N–H and O–H groups in total. The Bertz CT molecular complexity index is 394. The van der Waals surface area contributed by atoms with Crippen molar-refractivity contribution in [1.82, 2.24) is 0 Å². The molecule has 0 spiro atoms. The summed E-state index contributed by atoms with van der Waals surface area (Å²) in [4.78, 5) is 0. The minimum atomic E-state index is -1.50. The molecule has 24 heavy (non-hydrogen) atoms. The average molecular weight is 354 g/mol. The van der Waals surface area contributed by atoms with Gasteiger partial charge in [0.05, 0.1) is 19.3 Å². The Kier molecular flexibility index (Phi) is 6.90. The molecule has 9 unspecified atom stereocenters. The van der Waals surface area contributed by atoms with Crippen LogP contribution >= 0.6 is 0 Å². The van der Waals surface area contributed by atoms with E-state index in [0.29, 0.717) is 0 Å². The first kappa shape index (κ1) is 19.9. The highest BCUT2D eigenvalue weighted by Gasteiger charge is 2.46. The Morgan fingerprint density at radius 3 is 2.12 bits per heavy atom. The van der Waals surface area contributed by atoms with Crippen molar-refractivity contribution >= 4 is 0 Å². The van der Waals surface area contributed by atoms with Gasteiger partial charge in [0.25, 0.3) is 0 Å². The largest absolute Gasteiger partial charge is 0.388 e. The van der Waals surface area contributed by atoms with Gasteiger partial charge in [0.2, 0.25) is 0 Å². The number of hydrogen-bond acceptors (Lipinski definition) is 10. The number of aliphatic hydroxyl groups is 6. The molecule has 2 aliphatic rings. The summed E-state index contributed by atoms with van der Waals surface area (Å²) in [6.07, 6.45) is -12.2. The third kappa shape index (κ3) is 4.41. The summed E-state index contributed by atoms with van der Waals surface area (Å²) in [5.41, 5.74) is 0. The summed E-state index contributed by atoms with van der Waals surface area (Å²) in [5.74, 6) is 0. The summed E-state index contributed by atoms with van der Waals surface area (Å²) < 4.78 is 21.1. The molecular weight excluding hydrogens is 328 g/mol. The third-order valence-electron chi connectivity index (χ3n) is 3.95. The fourth-order valence-corrected chi connectivity index (χ4v) is 2.55. The molecular formula is C14H26O10. The van der Waals surface area contributed by atoms with E-state index in [9.17, 15) is 30.6 Å². The maximum atomic E-state index is 9.99. The highest BCUT2D eigenvalue weighted by Crippen LogP contribution is 2.24. The van der Waals surface area contributed by atoms with Gasteiger partial charge in [0.1, 0.15) is 42.7 Å². The highest BCUT2D eigenvalue weighted by molar-refractivity contribution is 4.90. The molecule has 0 amide bonds. The van der Waals surface area contributed by atoms with E-state index in [1.165, 1.54) is 0 Å². The zero-order valence-electron chi connectivity index (χ0n) is 13.5. The van der Waals surface area contributed by atoms with Crippen LogP contribution < -0.4 is 0 Å². The Morgan fingerprint density at radius 1 is 0.875 bits per heavy atom. The molecule has 2 heterocycles. The van der Waals surface area contributed by atoms with E-state index in [2.05, 4.69) is 0 Å². The van der Waals surface area contributed by atoms with Crippen LogP contribution in [-0.4, -0.2) is 105 Å². The van der Waals surface area contributed by atoms with Gasteiger partial charge in [-0.15, -0.1) is 0 Å². The normalized spacial score (nSPS) is 47.1. The van der Waals surface area contributed by atoms with Crippen LogP contribution in [0.3, 0.4) is 0 Å². The zero-order chi connectivity index (χ0) is 18.0. The van der Waals surface area contributed by atoms with Crippen molar-refractivity contribution in [3.05, 3.63) is 0 Å². The molecule has 10 nitrogen and oxygen atoms in total. The van der Waals surface area contributed by atoms with Crippen LogP contribution in [0.15, 0.2) is 0 Å². The monoisotopic (exact) mass is 354 g/mol. The lowest BCUT2D eigenvalue weighted by Crippen LogP contribution is -2.60. The summed E-state index contributed by atoms with van der Waals surface area (Å²) >= 11 is 0. The maximum Gasteiger partial charge on any atom is 0.186 e. The van der Waals surface area contributed by atoms with Crippen molar-refractivity contribution in [2.75, 3.05) is 13.2 Å². The van der Waals surface area contributed by atoms with Gasteiger partial charge in [-0.25, -0.2) is 0 Å². The molecule has 0 saturated carbocycles. The van der Waals surface area contributed by atoms with Crippen LogP contribution in [0.1, 0.15) is 13.8 Å². The molecule has 10 heteroatoms. The summed E-state index contributed by atoms with van der Waals surface area (Å²) in [6.45, 7) is 2.92. The molecule has 0 aromatic rings. The molecule has 0 aromatic carbocycles. The maximum absolute atomic E-state index is 9.99. The molecule has 0 radical (unpaired) electrons. The van der Waals surface area contributed by atoms with Gasteiger partial charge in [0.15, 0.2) is 12.6 Å². The quantitative estimate of drug-likeness (QED) is 0.295. The number of hydrogen-bond donors (Lipinski definition) is 6. The molecule has 0 aromatic heterocycles. The van der Waals surface area contributed by atoms with Crippen LogP contribution in [-0.2, 0) is 18.9 Å². The first-order valence-electron chi connectivity index (χ1n) is 7.85. The average Bonchev–Trinajstić information content (AvgIpc) is 2.53. The Morgan fingerprint density at radius 2 is 1.50 bits per heavy atom. The van der Waals surface area contributed by atoms with E-state index in [1.807, 2.05) is 0 Å². The predicted octanol–water partition coefficient (Wildman–Crippen LogP) is -3.33. The SMILES string of the molecule is CC(C)OC1OC(COC2OCC(O)C(O)C2O)C(O)C(O)C1O. The second-order valence-corrected chi connectivity index (χ2v) is 6.28. The molecule has 2 rings (SSSR count). The van der Waals surface area contributed by atoms with Gasteiger partial charge >= 0.3 is 0 Å². The topological polar surface area (TPSA) is 158 Å². The number of ether oxygens (including phenoxy) is 4. The summed E-state index contributed by atoms with van der Waals surface area (Å²) in [7, 11) is 0. The van der Waals surface area contributed by atoms with Crippen LogP contribution in [0, 0.1) is 0 Å². The van der Waals surface area contributed by atoms with Gasteiger partial charge in [-0.1, -0.05) is 0 Å². The lowest BCUT2D eigenvalue weighted by atomic mass is 9.99. The van der Waals surface area contributed by atoms with E-state index in [1.54, 1.807) is 13.8 Å². The van der Waals surface area contributed by atoms with Crippen molar-refractivity contribution in [3.8, 4) is 0 Å². The zero-order valence-corrected chi connectivity index (χ0v) is 13.5. The smallest absolute Gasteiger partial charge is 0.186 e. The molecule has 2 saturated heterocycles. The van der Waals surface area contributed by atoms with E-state index < -0.39 is 55.3 Å². The minimum Gasteiger partial charge on any atom is -0.388 e. The minimum absolute atomic E-state index is 0.225. The van der Waals surface area contributed by atoms with E-state index in [-0.39, 0.29) is 19.3 Å². The fraction of sp³-hybridized carbons (Fsp3) is 1.00. The molecule has 0 aliphatic carbocycles. The van der Waals surface area contributed by atoms with Crippen molar-refractivity contribution in [3.63, 3.8) is 0 Å². The molecule has 0 bridgehead atoms. The van der Waals surface area contributed by atoms with Crippen LogP contribution in [0.2, 0.25) is 0 Å². The number of aliphatic hydroxyl groups excluding tert-OH is 6. The first-order valence-corrected chi connectivity index (χ1v) is 7.85. The Labute approximate surface area is 139 Å². The van der Waals surface area contributed by atoms with E-state index in [4.69, 9.17) is 18.9 Å². The van der Waals surface area contributed by atoms with Gasteiger partial charge in [-0.05, 0) is 13.8 Å². The third-order valence-corrected chi connectivity index (χ3v) is 3.95. The lowest BCUT2D eigenvalue weighted by molar-refractivity contribution is -0.325. The van der Waals surface area contributed by atoms with Gasteiger partial charge in [0, 0.05) is 0 Å². The van der Waals surface area contributed by atoms with Gasteiger partial charge < -0.3 is 49.6 Å². The molecule has 2 aliphatic heterocycles. The Hall–Kier alpha value is -0.400. The van der Waals surface area contributed by atoms with Crippen molar-refractivity contribution < 1.29 is 49.6 Å². The Balaban J connectivity index is 1.93. The van der Waals surface area contributed by atoms with Crippen molar-refractivity contribution in [2.24, 2.45) is 0 Å². The van der Waals surface area contributed by atoms with E-state index >= 15 is 0 Å². The number of rotatable bonds is 5. The van der Waals surface area contributed by atoms with Crippen LogP contribution in [0.25, 0.3) is 0 Å². The van der Waals surface area contributed by atoms with Gasteiger partial charge in [-0.3, -0.25) is 0 Å². The molecule has 9 atom stereocenters. The highest BCUT2D eigenvalue weighted by atomic mass is 16.7. The molecule has 2 fully saturated rings.